The summed E-state index contributed by atoms with van der Waals surface area (Å²) in [7, 11) is 1.38. The van der Waals surface area contributed by atoms with Gasteiger partial charge >= 0.3 is 5.97 Å². The van der Waals surface area contributed by atoms with E-state index in [4.69, 9.17) is 14.5 Å². The van der Waals surface area contributed by atoms with Crippen LogP contribution in [-0.4, -0.2) is 60.4 Å². The molecule has 1 aromatic carbocycles. The molecule has 0 spiro atoms. The number of unbranched alkanes of at least 4 members (excludes halogenated alkanes) is 2. The third kappa shape index (κ3) is 6.64. The van der Waals surface area contributed by atoms with Crippen molar-refractivity contribution in [3.63, 3.8) is 0 Å². The number of pyridine rings is 1. The summed E-state index contributed by atoms with van der Waals surface area (Å²) in [6, 6.07) is 4.51. The number of hydrogen-bond donors (Lipinski definition) is 2. The number of rotatable bonds is 12. The maximum Gasteiger partial charge on any atom is 0.325 e. The zero-order valence-corrected chi connectivity index (χ0v) is 23.2. The summed E-state index contributed by atoms with van der Waals surface area (Å²) >= 11 is 0. The molecule has 1 aromatic heterocycles. The lowest BCUT2D eigenvalue weighted by Gasteiger charge is -2.27. The van der Waals surface area contributed by atoms with Gasteiger partial charge in [0.1, 0.15) is 11.9 Å². The molecule has 208 valence electrons. The molecule has 2 aliphatic heterocycles. The number of carbonyl (C=O) groups is 1. The fourth-order valence-corrected chi connectivity index (χ4v) is 5.61. The van der Waals surface area contributed by atoms with Gasteiger partial charge in [0.05, 0.1) is 13.2 Å². The van der Waals surface area contributed by atoms with Crippen LogP contribution in [-0.2, 0) is 22.4 Å². The van der Waals surface area contributed by atoms with Gasteiger partial charge in [-0.05, 0) is 80.2 Å². The molecule has 2 atom stereocenters. The van der Waals surface area contributed by atoms with Gasteiger partial charge in [0, 0.05) is 37.5 Å². The molecule has 8 heteroatoms. The summed E-state index contributed by atoms with van der Waals surface area (Å²) in [5.74, 6) is -0.399. The number of likely N-dealkylation sites (tertiary alicyclic amines) is 1. The lowest BCUT2D eigenvalue weighted by molar-refractivity contribution is -0.143. The number of halogens is 1. The molecular weight excluding hydrogens is 485 g/mol. The molecule has 0 amide bonds. The SMILES string of the molecule is COc1c(F)cc(C(C)C)cc1[C@H](C(=O)O)N1CC[C@@H](OCCCCCc2nc3c(cc2C)CCCN3)C1. The van der Waals surface area contributed by atoms with Crippen molar-refractivity contribution in [3.8, 4) is 5.75 Å². The minimum atomic E-state index is -1.01. The van der Waals surface area contributed by atoms with Crippen LogP contribution in [0.2, 0.25) is 0 Å². The number of nitrogens with zero attached hydrogens (tertiary/aromatic N) is 2. The predicted molar refractivity (Wildman–Crippen MR) is 147 cm³/mol. The van der Waals surface area contributed by atoms with Crippen LogP contribution in [0.4, 0.5) is 10.2 Å². The number of aliphatic carboxylic acids is 1. The summed E-state index contributed by atoms with van der Waals surface area (Å²) in [6.45, 7) is 8.80. The average molecular weight is 528 g/mol. The molecule has 2 aromatic rings. The maximum atomic E-state index is 14.8. The van der Waals surface area contributed by atoms with Gasteiger partial charge in [-0.3, -0.25) is 9.69 Å². The van der Waals surface area contributed by atoms with Crippen molar-refractivity contribution in [1.82, 2.24) is 9.88 Å². The van der Waals surface area contributed by atoms with Gasteiger partial charge in [0.2, 0.25) is 0 Å². The minimum absolute atomic E-state index is 0.00519. The third-order valence-corrected chi connectivity index (χ3v) is 7.76. The predicted octanol–water partition coefficient (Wildman–Crippen LogP) is 5.65. The van der Waals surface area contributed by atoms with Gasteiger partial charge in [0.15, 0.2) is 11.6 Å². The molecule has 1 saturated heterocycles. The first-order chi connectivity index (χ1) is 18.3. The highest BCUT2D eigenvalue weighted by molar-refractivity contribution is 5.77. The number of aryl methyl sites for hydroxylation is 3. The molecule has 3 heterocycles. The van der Waals surface area contributed by atoms with Crippen molar-refractivity contribution in [1.29, 1.82) is 0 Å². The van der Waals surface area contributed by atoms with Crippen LogP contribution < -0.4 is 10.1 Å². The van der Waals surface area contributed by atoms with E-state index in [0.29, 0.717) is 25.3 Å². The van der Waals surface area contributed by atoms with Crippen molar-refractivity contribution in [2.45, 2.75) is 83.8 Å². The number of anilines is 1. The van der Waals surface area contributed by atoms with E-state index >= 15 is 0 Å². The Balaban J connectivity index is 1.26. The highest BCUT2D eigenvalue weighted by Gasteiger charge is 2.36. The lowest BCUT2D eigenvalue weighted by atomic mass is 9.95. The Kier molecular flexibility index (Phi) is 9.60. The van der Waals surface area contributed by atoms with E-state index in [-0.39, 0.29) is 17.8 Å². The van der Waals surface area contributed by atoms with E-state index < -0.39 is 17.8 Å². The number of carboxylic acid groups (broad SMARTS) is 1. The first-order valence-corrected chi connectivity index (χ1v) is 14.0. The van der Waals surface area contributed by atoms with E-state index in [1.165, 1.54) is 36.4 Å². The minimum Gasteiger partial charge on any atom is -0.493 e. The van der Waals surface area contributed by atoms with Crippen LogP contribution in [0.25, 0.3) is 0 Å². The number of fused-ring (bicyclic) bond motifs is 1. The third-order valence-electron chi connectivity index (χ3n) is 7.76. The normalized spacial score (nSPS) is 18.3. The van der Waals surface area contributed by atoms with E-state index in [1.807, 2.05) is 18.7 Å². The van der Waals surface area contributed by atoms with Crippen LogP contribution >= 0.6 is 0 Å². The Bertz CT molecular complexity index is 1120. The van der Waals surface area contributed by atoms with Crippen molar-refractivity contribution < 1.29 is 23.8 Å². The highest BCUT2D eigenvalue weighted by atomic mass is 19.1. The largest absolute Gasteiger partial charge is 0.493 e. The van der Waals surface area contributed by atoms with Crippen molar-refractivity contribution in [2.75, 3.05) is 38.7 Å². The van der Waals surface area contributed by atoms with Crippen molar-refractivity contribution >= 4 is 11.8 Å². The molecule has 7 nitrogen and oxygen atoms in total. The fourth-order valence-electron chi connectivity index (χ4n) is 5.61. The summed E-state index contributed by atoms with van der Waals surface area (Å²) in [5, 5.41) is 13.5. The number of ether oxygens (including phenoxy) is 2. The number of hydrogen-bond acceptors (Lipinski definition) is 6. The second-order valence-corrected chi connectivity index (χ2v) is 10.9. The van der Waals surface area contributed by atoms with Gasteiger partial charge in [-0.15, -0.1) is 0 Å². The van der Waals surface area contributed by atoms with Crippen LogP contribution in [0, 0.1) is 12.7 Å². The number of benzene rings is 1. The molecule has 4 rings (SSSR count). The van der Waals surface area contributed by atoms with Crippen LogP contribution in [0.5, 0.6) is 5.75 Å². The molecule has 1 fully saturated rings. The zero-order chi connectivity index (χ0) is 27.2. The van der Waals surface area contributed by atoms with Crippen molar-refractivity contribution in [3.05, 3.63) is 52.0 Å². The van der Waals surface area contributed by atoms with Gasteiger partial charge in [-0.1, -0.05) is 26.3 Å². The monoisotopic (exact) mass is 527 g/mol. The average Bonchev–Trinajstić information content (AvgIpc) is 3.34. The van der Waals surface area contributed by atoms with E-state index in [0.717, 1.165) is 56.5 Å². The zero-order valence-electron chi connectivity index (χ0n) is 23.2. The molecular formula is C30H42FN3O4. The standard InChI is InChI=1S/C30H42FN3O4/c1-19(2)22-16-24(28(37-4)25(31)17-22)27(30(35)36)34-13-11-23(18-34)38-14-7-5-6-10-26-20(3)15-21-9-8-12-32-29(21)33-26/h15-17,19,23,27H,5-14,18H2,1-4H3,(H,32,33)(H,35,36)/t23-,27-/m1/s1. The smallest absolute Gasteiger partial charge is 0.325 e. The van der Waals surface area contributed by atoms with E-state index in [9.17, 15) is 14.3 Å². The summed E-state index contributed by atoms with van der Waals surface area (Å²) in [4.78, 5) is 19.1. The molecule has 2 N–H and O–H groups in total. The second kappa shape index (κ2) is 12.9. The quantitative estimate of drug-likeness (QED) is 0.345. The number of methoxy groups -OCH3 is 1. The second-order valence-electron chi connectivity index (χ2n) is 10.9. The molecule has 2 aliphatic rings. The van der Waals surface area contributed by atoms with E-state index in [2.05, 4.69) is 18.3 Å². The Morgan fingerprint density at radius 1 is 1.26 bits per heavy atom. The molecule has 0 radical (unpaired) electrons. The van der Waals surface area contributed by atoms with Gasteiger partial charge in [-0.25, -0.2) is 9.37 Å². The number of aromatic nitrogens is 1. The molecule has 0 unspecified atom stereocenters. The van der Waals surface area contributed by atoms with Crippen molar-refractivity contribution in [2.24, 2.45) is 0 Å². The van der Waals surface area contributed by atoms with Crippen LogP contribution in [0.3, 0.4) is 0 Å². The van der Waals surface area contributed by atoms with Gasteiger partial charge in [0.25, 0.3) is 0 Å². The lowest BCUT2D eigenvalue weighted by Crippen LogP contribution is -2.34. The van der Waals surface area contributed by atoms with Crippen LogP contribution in [0.15, 0.2) is 18.2 Å². The van der Waals surface area contributed by atoms with E-state index in [1.54, 1.807) is 6.07 Å². The number of carboxylic acids is 1. The molecule has 0 saturated carbocycles. The first-order valence-electron chi connectivity index (χ1n) is 14.0. The number of nitrogens with one attached hydrogen (secondary N) is 1. The summed E-state index contributed by atoms with van der Waals surface area (Å²) in [6.07, 6.45) is 7.03. The topological polar surface area (TPSA) is 83.9 Å². The molecule has 0 bridgehead atoms. The Labute approximate surface area is 225 Å². The van der Waals surface area contributed by atoms with Gasteiger partial charge < -0.3 is 19.9 Å². The fraction of sp³-hybridized carbons (Fsp3) is 0.600. The Hall–Kier alpha value is -2.71. The van der Waals surface area contributed by atoms with Gasteiger partial charge in [-0.2, -0.15) is 0 Å². The molecule has 38 heavy (non-hydrogen) atoms. The Morgan fingerprint density at radius 3 is 2.82 bits per heavy atom. The Morgan fingerprint density at radius 2 is 2.08 bits per heavy atom. The summed E-state index contributed by atoms with van der Waals surface area (Å²) < 4.78 is 26.2. The molecule has 0 aliphatic carbocycles. The summed E-state index contributed by atoms with van der Waals surface area (Å²) in [5.41, 5.74) is 4.91. The maximum absolute atomic E-state index is 14.8. The van der Waals surface area contributed by atoms with Crippen LogP contribution in [0.1, 0.15) is 85.9 Å². The first kappa shape index (κ1) is 28.3. The highest BCUT2D eigenvalue weighted by Crippen LogP contribution is 2.37.